The number of para-hydroxylation sites is 1. The molecule has 0 aliphatic heterocycles. The number of nitrogens with one attached hydrogen (secondary N) is 4. The summed E-state index contributed by atoms with van der Waals surface area (Å²) in [4.78, 5) is 36.5. The molecule has 1 atom stereocenters. The van der Waals surface area contributed by atoms with Gasteiger partial charge in [0.2, 0.25) is 5.91 Å². The molecule has 170 valence electrons. The van der Waals surface area contributed by atoms with Gasteiger partial charge in [0.1, 0.15) is 5.75 Å². The number of carbonyl (C=O) groups excluding carboxylic acids is 3. The van der Waals surface area contributed by atoms with Crippen molar-refractivity contribution in [3.8, 4) is 5.75 Å². The van der Waals surface area contributed by atoms with Crippen LogP contribution in [0, 0.1) is 0 Å². The molecule has 8 heteroatoms. The maximum atomic E-state index is 12.2. The lowest BCUT2D eigenvalue weighted by Crippen LogP contribution is -2.38. The molecule has 4 amide bonds. The van der Waals surface area contributed by atoms with Crippen LogP contribution in [0.25, 0.3) is 0 Å². The molecule has 0 aromatic heterocycles. The quantitative estimate of drug-likeness (QED) is 0.420. The molecule has 4 N–H and O–H groups in total. The van der Waals surface area contributed by atoms with E-state index in [1.54, 1.807) is 55.6 Å². The van der Waals surface area contributed by atoms with Crippen LogP contribution in [0.2, 0.25) is 0 Å². The number of rotatable bonds is 8. The number of benzene rings is 3. The van der Waals surface area contributed by atoms with Crippen LogP contribution in [-0.4, -0.2) is 31.5 Å². The van der Waals surface area contributed by atoms with Gasteiger partial charge in [-0.3, -0.25) is 9.59 Å². The molecular formula is C25H26N4O4. The summed E-state index contributed by atoms with van der Waals surface area (Å²) < 4.78 is 5.06. The van der Waals surface area contributed by atoms with Crippen LogP contribution in [-0.2, 0) is 4.79 Å². The number of amides is 4. The minimum Gasteiger partial charge on any atom is -0.497 e. The third kappa shape index (κ3) is 7.10. The second kappa shape index (κ2) is 11.3. The maximum absolute atomic E-state index is 12.2. The van der Waals surface area contributed by atoms with E-state index in [9.17, 15) is 14.4 Å². The number of anilines is 2. The van der Waals surface area contributed by atoms with Gasteiger partial charge in [0.05, 0.1) is 19.7 Å². The summed E-state index contributed by atoms with van der Waals surface area (Å²) in [5.41, 5.74) is 2.62. The highest BCUT2D eigenvalue weighted by Gasteiger charge is 2.12. The fourth-order valence-corrected chi connectivity index (χ4v) is 3.05. The molecule has 3 aromatic carbocycles. The molecule has 8 nitrogen and oxygen atoms in total. The highest BCUT2D eigenvalue weighted by Crippen LogP contribution is 2.17. The summed E-state index contributed by atoms with van der Waals surface area (Å²) in [6, 6.07) is 22.3. The number of ether oxygens (including phenoxy) is 1. The van der Waals surface area contributed by atoms with Gasteiger partial charge in [0.15, 0.2) is 0 Å². The van der Waals surface area contributed by atoms with Crippen molar-refractivity contribution in [2.45, 2.75) is 13.0 Å². The Morgan fingerprint density at radius 1 is 0.818 bits per heavy atom. The van der Waals surface area contributed by atoms with Gasteiger partial charge in [-0.1, -0.05) is 30.3 Å². The number of hydrogen-bond acceptors (Lipinski definition) is 4. The molecule has 33 heavy (non-hydrogen) atoms. The SMILES string of the molecule is COc1ccc(C(=O)NCC(=O)NC(C)c2ccc(NC(=O)Nc3ccccc3)cc2)cc1. The first-order valence-electron chi connectivity index (χ1n) is 10.4. The van der Waals surface area contributed by atoms with Crippen LogP contribution in [0.1, 0.15) is 28.9 Å². The molecule has 0 saturated heterocycles. The van der Waals surface area contributed by atoms with Crippen molar-refractivity contribution in [3.05, 3.63) is 90.0 Å². The molecule has 0 radical (unpaired) electrons. The number of carbonyl (C=O) groups is 3. The standard InChI is InChI=1S/C25H26N4O4/c1-17(27-23(30)16-26-24(31)19-10-14-22(33-2)15-11-19)18-8-12-21(13-9-18)29-25(32)28-20-6-4-3-5-7-20/h3-15,17H,16H2,1-2H3,(H,26,31)(H,27,30)(H2,28,29,32). The van der Waals surface area contributed by atoms with Crippen molar-refractivity contribution in [1.29, 1.82) is 0 Å². The van der Waals surface area contributed by atoms with Crippen molar-refractivity contribution in [2.24, 2.45) is 0 Å². The first kappa shape index (κ1) is 23.3. The smallest absolute Gasteiger partial charge is 0.323 e. The summed E-state index contributed by atoms with van der Waals surface area (Å²) in [5, 5.41) is 10.9. The Morgan fingerprint density at radius 3 is 2.03 bits per heavy atom. The first-order chi connectivity index (χ1) is 15.9. The van der Waals surface area contributed by atoms with Crippen LogP contribution in [0.5, 0.6) is 5.75 Å². The number of urea groups is 1. The summed E-state index contributed by atoms with van der Waals surface area (Å²) in [7, 11) is 1.55. The Kier molecular flexibility index (Phi) is 8.02. The lowest BCUT2D eigenvalue weighted by molar-refractivity contribution is -0.120. The highest BCUT2D eigenvalue weighted by molar-refractivity contribution is 5.99. The van der Waals surface area contributed by atoms with Crippen LogP contribution >= 0.6 is 0 Å². The predicted octanol–water partition coefficient (Wildman–Crippen LogP) is 3.95. The fraction of sp³-hybridized carbons (Fsp3) is 0.160. The summed E-state index contributed by atoms with van der Waals surface area (Å²) in [5.74, 6) is -0.00498. The second-order valence-corrected chi connectivity index (χ2v) is 7.27. The third-order valence-electron chi connectivity index (χ3n) is 4.84. The van der Waals surface area contributed by atoms with E-state index < -0.39 is 0 Å². The predicted molar refractivity (Wildman–Crippen MR) is 127 cm³/mol. The van der Waals surface area contributed by atoms with E-state index in [4.69, 9.17) is 4.74 Å². The zero-order valence-electron chi connectivity index (χ0n) is 18.4. The fourth-order valence-electron chi connectivity index (χ4n) is 3.05. The topological polar surface area (TPSA) is 109 Å². The monoisotopic (exact) mass is 446 g/mol. The third-order valence-corrected chi connectivity index (χ3v) is 4.84. The van der Waals surface area contributed by atoms with Gasteiger partial charge in [-0.25, -0.2) is 4.79 Å². The Bertz CT molecular complexity index is 1080. The molecule has 0 heterocycles. The van der Waals surface area contributed by atoms with Crippen molar-refractivity contribution in [2.75, 3.05) is 24.3 Å². The van der Waals surface area contributed by atoms with Crippen LogP contribution in [0.4, 0.5) is 16.2 Å². The molecule has 3 aromatic rings. The average Bonchev–Trinajstić information content (AvgIpc) is 2.83. The normalized spacial score (nSPS) is 11.1. The lowest BCUT2D eigenvalue weighted by Gasteiger charge is -2.15. The Hall–Kier alpha value is -4.33. The van der Waals surface area contributed by atoms with E-state index in [1.807, 2.05) is 37.3 Å². The van der Waals surface area contributed by atoms with Crippen LogP contribution < -0.4 is 26.0 Å². The average molecular weight is 447 g/mol. The van der Waals surface area contributed by atoms with Gasteiger partial charge in [-0.2, -0.15) is 0 Å². The molecule has 1 unspecified atom stereocenters. The van der Waals surface area contributed by atoms with Gasteiger partial charge >= 0.3 is 6.03 Å². The van der Waals surface area contributed by atoms with Crippen LogP contribution in [0.15, 0.2) is 78.9 Å². The van der Waals surface area contributed by atoms with E-state index in [-0.39, 0.29) is 30.4 Å². The minimum absolute atomic E-state index is 0.144. The molecular weight excluding hydrogens is 420 g/mol. The van der Waals surface area contributed by atoms with E-state index in [1.165, 1.54) is 0 Å². The van der Waals surface area contributed by atoms with Crippen molar-refractivity contribution in [3.63, 3.8) is 0 Å². The first-order valence-corrected chi connectivity index (χ1v) is 10.4. The van der Waals surface area contributed by atoms with Crippen molar-refractivity contribution in [1.82, 2.24) is 10.6 Å². The van der Waals surface area contributed by atoms with Gasteiger partial charge in [0, 0.05) is 16.9 Å². The molecule has 0 spiro atoms. The second-order valence-electron chi connectivity index (χ2n) is 7.27. The van der Waals surface area contributed by atoms with Gasteiger partial charge in [0.25, 0.3) is 5.91 Å². The molecule has 0 saturated carbocycles. The van der Waals surface area contributed by atoms with Gasteiger partial charge < -0.3 is 26.0 Å². The zero-order valence-corrected chi connectivity index (χ0v) is 18.4. The van der Waals surface area contributed by atoms with Crippen LogP contribution in [0.3, 0.4) is 0 Å². The number of methoxy groups -OCH3 is 1. The molecule has 0 bridgehead atoms. The number of hydrogen-bond donors (Lipinski definition) is 4. The van der Waals surface area contributed by atoms with E-state index >= 15 is 0 Å². The Morgan fingerprint density at radius 2 is 1.42 bits per heavy atom. The van der Waals surface area contributed by atoms with Crippen molar-refractivity contribution < 1.29 is 19.1 Å². The van der Waals surface area contributed by atoms with E-state index in [0.29, 0.717) is 22.7 Å². The van der Waals surface area contributed by atoms with Crippen molar-refractivity contribution >= 4 is 29.2 Å². The highest BCUT2D eigenvalue weighted by atomic mass is 16.5. The summed E-state index contributed by atoms with van der Waals surface area (Å²) >= 11 is 0. The Labute approximate surface area is 192 Å². The van der Waals surface area contributed by atoms with E-state index in [0.717, 1.165) is 5.56 Å². The molecule has 0 aliphatic carbocycles. The summed E-state index contributed by atoms with van der Waals surface area (Å²) in [6.07, 6.45) is 0. The maximum Gasteiger partial charge on any atom is 0.323 e. The summed E-state index contributed by atoms with van der Waals surface area (Å²) in [6.45, 7) is 1.70. The Balaban J connectivity index is 1.45. The van der Waals surface area contributed by atoms with Gasteiger partial charge in [-0.05, 0) is 61.0 Å². The molecule has 3 rings (SSSR count). The zero-order chi connectivity index (χ0) is 23.6. The van der Waals surface area contributed by atoms with Gasteiger partial charge in [-0.15, -0.1) is 0 Å². The minimum atomic E-state index is -0.345. The lowest BCUT2D eigenvalue weighted by atomic mass is 10.1. The molecule has 0 fully saturated rings. The largest absolute Gasteiger partial charge is 0.497 e. The van der Waals surface area contributed by atoms with E-state index in [2.05, 4.69) is 21.3 Å². The molecule has 0 aliphatic rings.